The lowest BCUT2D eigenvalue weighted by molar-refractivity contribution is -0.157. The monoisotopic (exact) mass is 643 g/mol. The van der Waals surface area contributed by atoms with Crippen molar-refractivity contribution in [1.29, 1.82) is 0 Å². The van der Waals surface area contributed by atoms with E-state index in [0.717, 1.165) is 32.0 Å². The highest BCUT2D eigenvalue weighted by atomic mass is 35.5. The predicted molar refractivity (Wildman–Crippen MR) is 155 cm³/mol. The van der Waals surface area contributed by atoms with Crippen LogP contribution >= 0.6 is 11.6 Å². The van der Waals surface area contributed by atoms with Crippen molar-refractivity contribution in [3.8, 4) is 23.0 Å². The average Bonchev–Trinajstić information content (AvgIpc) is 2.99. The van der Waals surface area contributed by atoms with Crippen LogP contribution in [0.15, 0.2) is 60.7 Å². The van der Waals surface area contributed by atoms with Crippen molar-refractivity contribution in [2.24, 2.45) is 0 Å². The molecule has 1 amide bonds. The van der Waals surface area contributed by atoms with Gasteiger partial charge in [0.15, 0.2) is 23.0 Å². The van der Waals surface area contributed by atoms with Gasteiger partial charge >= 0.3 is 29.8 Å². The van der Waals surface area contributed by atoms with Crippen molar-refractivity contribution in [2.75, 3.05) is 19.5 Å². The summed E-state index contributed by atoms with van der Waals surface area (Å²) in [4.78, 5) is 74.7. The predicted octanol–water partition coefficient (Wildman–Crippen LogP) is 3.68. The minimum atomic E-state index is -2.38. The highest BCUT2D eigenvalue weighted by Crippen LogP contribution is 2.30. The van der Waals surface area contributed by atoms with Gasteiger partial charge in [-0.15, -0.1) is 0 Å². The van der Waals surface area contributed by atoms with E-state index >= 15 is 0 Å². The zero-order valence-electron chi connectivity index (χ0n) is 24.2. The van der Waals surface area contributed by atoms with Gasteiger partial charge in [0.2, 0.25) is 12.2 Å². The fourth-order valence-corrected chi connectivity index (χ4v) is 3.88. The summed E-state index contributed by atoms with van der Waals surface area (Å²) in [7, 11) is 2.48. The van der Waals surface area contributed by atoms with E-state index in [1.807, 2.05) is 0 Å². The number of nitrogens with one attached hydrogen (secondary N) is 1. The summed E-state index contributed by atoms with van der Waals surface area (Å²) >= 11 is 6.12. The van der Waals surface area contributed by atoms with Gasteiger partial charge in [0.1, 0.15) is 0 Å². The Kier molecular flexibility index (Phi) is 11.4. The second-order valence-electron chi connectivity index (χ2n) is 8.88. The molecule has 15 heteroatoms. The van der Waals surface area contributed by atoms with Gasteiger partial charge in [-0.2, -0.15) is 0 Å². The summed E-state index contributed by atoms with van der Waals surface area (Å²) in [6.45, 7) is 2.31. The third-order valence-electron chi connectivity index (χ3n) is 5.68. The van der Waals surface area contributed by atoms with Crippen LogP contribution < -0.4 is 24.3 Å². The van der Waals surface area contributed by atoms with Crippen molar-refractivity contribution >= 4 is 53.0 Å². The second-order valence-corrected chi connectivity index (χ2v) is 9.28. The first-order valence-electron chi connectivity index (χ1n) is 12.8. The lowest BCUT2D eigenvalue weighted by atomic mass is 10.1. The minimum Gasteiger partial charge on any atom is -0.493 e. The molecule has 0 aromatic heterocycles. The third-order valence-corrected chi connectivity index (χ3v) is 6.01. The number of carboxylic acids is 1. The first kappa shape index (κ1) is 33.9. The Labute approximate surface area is 260 Å². The molecule has 3 aromatic rings. The molecule has 0 radical (unpaired) electrons. The topological polar surface area (TPSA) is 190 Å². The number of hydrogen-bond acceptors (Lipinski definition) is 12. The van der Waals surface area contributed by atoms with Gasteiger partial charge in [0, 0.05) is 13.8 Å². The molecule has 45 heavy (non-hydrogen) atoms. The molecule has 3 rings (SSSR count). The van der Waals surface area contributed by atoms with Crippen LogP contribution in [0.5, 0.6) is 23.0 Å². The summed E-state index contributed by atoms with van der Waals surface area (Å²) in [5.74, 6) is -7.02. The number of carbonyl (C=O) groups is 6. The Morgan fingerprint density at radius 1 is 0.689 bits per heavy atom. The number of methoxy groups -OCH3 is 2. The first-order chi connectivity index (χ1) is 21.3. The summed E-state index contributed by atoms with van der Waals surface area (Å²) in [6.07, 6.45) is -4.65. The molecule has 0 spiro atoms. The Morgan fingerprint density at radius 2 is 1.16 bits per heavy atom. The molecule has 0 bridgehead atoms. The summed E-state index contributed by atoms with van der Waals surface area (Å²) in [5.41, 5.74) is -0.449. The molecule has 2 N–H and O–H groups in total. The van der Waals surface area contributed by atoms with Gasteiger partial charge in [-0.25, -0.2) is 14.4 Å². The van der Waals surface area contributed by atoms with Gasteiger partial charge < -0.3 is 38.8 Å². The number of ether oxygens (including phenoxy) is 6. The maximum Gasteiger partial charge on any atom is 0.349 e. The van der Waals surface area contributed by atoms with Crippen LogP contribution in [0.4, 0.5) is 5.69 Å². The normalized spacial score (nSPS) is 11.7. The van der Waals surface area contributed by atoms with Gasteiger partial charge in [0.05, 0.1) is 36.1 Å². The van der Waals surface area contributed by atoms with Crippen molar-refractivity contribution in [2.45, 2.75) is 26.1 Å². The van der Waals surface area contributed by atoms with Gasteiger partial charge in [-0.3, -0.25) is 14.4 Å². The zero-order valence-corrected chi connectivity index (χ0v) is 24.9. The molecule has 236 valence electrons. The lowest BCUT2D eigenvalue weighted by Crippen LogP contribution is -2.48. The van der Waals surface area contributed by atoms with Crippen LogP contribution in [0, 0.1) is 0 Å². The molecule has 0 aliphatic rings. The van der Waals surface area contributed by atoms with Crippen molar-refractivity contribution < 1.29 is 62.3 Å². The fraction of sp³-hybridized carbons (Fsp3) is 0.200. The minimum absolute atomic E-state index is 0.0259. The Hall–Kier alpha value is -5.63. The number of aliphatic carboxylic acids is 1. The van der Waals surface area contributed by atoms with Gasteiger partial charge in [0.25, 0.3) is 5.91 Å². The molecule has 0 saturated heterocycles. The molecular formula is C30H26ClNO13. The van der Waals surface area contributed by atoms with Crippen LogP contribution in [0.25, 0.3) is 0 Å². The third kappa shape index (κ3) is 8.93. The summed E-state index contributed by atoms with van der Waals surface area (Å²) < 4.78 is 30.7. The molecule has 3 aromatic carbocycles. The highest BCUT2D eigenvalue weighted by Gasteiger charge is 2.41. The second kappa shape index (κ2) is 15.2. The number of benzene rings is 3. The van der Waals surface area contributed by atoms with Crippen LogP contribution in [0.3, 0.4) is 0 Å². The van der Waals surface area contributed by atoms with E-state index in [1.54, 1.807) is 6.07 Å². The summed E-state index contributed by atoms with van der Waals surface area (Å²) in [5, 5.41) is 12.4. The molecule has 0 aliphatic carbocycles. The van der Waals surface area contributed by atoms with E-state index in [0.29, 0.717) is 0 Å². The lowest BCUT2D eigenvalue weighted by Gasteiger charge is -2.24. The zero-order chi connectivity index (χ0) is 33.3. The van der Waals surface area contributed by atoms with Gasteiger partial charge in [-0.1, -0.05) is 23.7 Å². The van der Waals surface area contributed by atoms with E-state index in [-0.39, 0.29) is 44.8 Å². The quantitative estimate of drug-likeness (QED) is 0.215. The van der Waals surface area contributed by atoms with Crippen LogP contribution in [-0.4, -0.2) is 67.3 Å². The first-order valence-corrected chi connectivity index (χ1v) is 13.2. The van der Waals surface area contributed by atoms with E-state index < -0.39 is 48.0 Å². The number of carbonyl (C=O) groups excluding carboxylic acids is 5. The number of hydrogen-bond donors (Lipinski definition) is 2. The number of esters is 4. The number of carboxylic acid groups (broad SMARTS) is 1. The number of halogens is 1. The standard InChI is InChI=1S/C30H26ClNO13/c1-15(33)42-21-11-9-17(13-23(21)40-3)29(38)44-25(27(35)32-20-8-6-5-7-19(20)31)26(28(36)37)45-30(39)18-10-12-22(43-16(2)34)24(14-18)41-4/h5-14,25-26H,1-4H3,(H,32,35)(H,36,37)/t25-,26+/m1/s1. The summed E-state index contributed by atoms with van der Waals surface area (Å²) in [6, 6.07) is 12.9. The highest BCUT2D eigenvalue weighted by molar-refractivity contribution is 6.33. The van der Waals surface area contributed by atoms with E-state index in [9.17, 15) is 33.9 Å². The number of anilines is 1. The Morgan fingerprint density at radius 3 is 1.58 bits per heavy atom. The molecule has 2 atom stereocenters. The Bertz CT molecular complexity index is 1640. The number of amides is 1. The maximum absolute atomic E-state index is 13.4. The van der Waals surface area contributed by atoms with Gasteiger partial charge in [-0.05, 0) is 48.5 Å². The number of rotatable bonds is 12. The molecular weight excluding hydrogens is 618 g/mol. The number of para-hydroxylation sites is 1. The maximum atomic E-state index is 13.4. The molecule has 0 heterocycles. The van der Waals surface area contributed by atoms with Crippen LogP contribution in [0.2, 0.25) is 5.02 Å². The largest absolute Gasteiger partial charge is 0.493 e. The Balaban J connectivity index is 1.98. The van der Waals surface area contributed by atoms with E-state index in [2.05, 4.69) is 5.32 Å². The molecule has 0 unspecified atom stereocenters. The van der Waals surface area contributed by atoms with E-state index in [4.69, 9.17) is 40.0 Å². The van der Waals surface area contributed by atoms with Crippen molar-refractivity contribution in [3.05, 3.63) is 76.8 Å². The van der Waals surface area contributed by atoms with Crippen molar-refractivity contribution in [3.63, 3.8) is 0 Å². The SMILES string of the molecule is COc1cc(C(=O)O[C@H](C(=O)O)[C@@H](OC(=O)c2ccc(OC(C)=O)c(OC)c2)C(=O)Nc2ccccc2Cl)ccc1OC(C)=O. The van der Waals surface area contributed by atoms with Crippen LogP contribution in [0.1, 0.15) is 34.6 Å². The van der Waals surface area contributed by atoms with Crippen LogP contribution in [-0.2, 0) is 28.7 Å². The molecule has 0 fully saturated rings. The van der Waals surface area contributed by atoms with E-state index in [1.165, 1.54) is 50.6 Å². The van der Waals surface area contributed by atoms with Crippen molar-refractivity contribution in [1.82, 2.24) is 0 Å². The molecule has 0 aliphatic heterocycles. The molecule has 0 saturated carbocycles. The fourth-order valence-electron chi connectivity index (χ4n) is 3.70. The molecule has 14 nitrogen and oxygen atoms in total. The smallest absolute Gasteiger partial charge is 0.349 e. The average molecular weight is 644 g/mol.